The summed E-state index contributed by atoms with van der Waals surface area (Å²) < 4.78 is 18.4. The minimum Gasteiger partial charge on any atom is -0.497 e. The standard InChI is InChI=1S/C24H25N5O4/c1-5-20(30)28-9-8-16(13-28)29-23-21(22(25)26-14-27-23)19(24(29)33-4)7-6-15-10-17(31-2)12-18(11-15)32-3/h5,10-12,14,16H,1,8-9,13H2,2-4H3,(H2,25,26,27). The average Bonchev–Trinajstić information content (AvgIpc) is 3.44. The van der Waals surface area contributed by atoms with Crippen LogP contribution in [-0.4, -0.2) is 59.8 Å². The number of amides is 1. The number of ether oxygens (including phenoxy) is 3. The fourth-order valence-corrected chi connectivity index (χ4v) is 4.09. The molecule has 0 radical (unpaired) electrons. The third-order valence-corrected chi connectivity index (χ3v) is 5.66. The summed E-state index contributed by atoms with van der Waals surface area (Å²) in [4.78, 5) is 22.5. The first-order valence-corrected chi connectivity index (χ1v) is 10.4. The number of nitrogens with zero attached hydrogens (tertiary/aromatic N) is 4. The van der Waals surface area contributed by atoms with Crippen molar-refractivity contribution in [3.63, 3.8) is 0 Å². The van der Waals surface area contributed by atoms with Gasteiger partial charge in [0.15, 0.2) is 0 Å². The molecule has 0 aliphatic carbocycles. The van der Waals surface area contributed by atoms with E-state index in [9.17, 15) is 4.79 Å². The first-order valence-electron chi connectivity index (χ1n) is 10.4. The molecule has 0 saturated carbocycles. The molecular weight excluding hydrogens is 422 g/mol. The third kappa shape index (κ3) is 4.03. The molecule has 9 heteroatoms. The van der Waals surface area contributed by atoms with Gasteiger partial charge in [-0.3, -0.25) is 9.36 Å². The largest absolute Gasteiger partial charge is 0.497 e. The summed E-state index contributed by atoms with van der Waals surface area (Å²) >= 11 is 0. The molecule has 1 amide bonds. The van der Waals surface area contributed by atoms with Crippen molar-refractivity contribution in [3.8, 4) is 29.2 Å². The smallest absolute Gasteiger partial charge is 0.246 e. The van der Waals surface area contributed by atoms with Gasteiger partial charge in [-0.1, -0.05) is 18.4 Å². The Balaban J connectivity index is 1.85. The minimum absolute atomic E-state index is 0.0480. The molecule has 170 valence electrons. The van der Waals surface area contributed by atoms with Crippen molar-refractivity contribution in [3.05, 3.63) is 48.3 Å². The van der Waals surface area contributed by atoms with Gasteiger partial charge in [0.05, 0.1) is 38.3 Å². The topological polar surface area (TPSA) is 105 Å². The van der Waals surface area contributed by atoms with Gasteiger partial charge in [0.2, 0.25) is 11.8 Å². The van der Waals surface area contributed by atoms with E-state index in [1.54, 1.807) is 32.3 Å². The highest BCUT2D eigenvalue weighted by molar-refractivity contribution is 5.95. The molecule has 2 aromatic heterocycles. The Kier molecular flexibility index (Phi) is 6.09. The van der Waals surface area contributed by atoms with Crippen molar-refractivity contribution in [2.75, 3.05) is 40.2 Å². The molecule has 2 N–H and O–H groups in total. The summed E-state index contributed by atoms with van der Waals surface area (Å²) in [6.07, 6.45) is 3.48. The molecule has 4 rings (SSSR count). The van der Waals surface area contributed by atoms with E-state index in [0.29, 0.717) is 58.4 Å². The number of hydrogen-bond donors (Lipinski definition) is 1. The summed E-state index contributed by atoms with van der Waals surface area (Å²) in [5.41, 5.74) is 8.15. The summed E-state index contributed by atoms with van der Waals surface area (Å²) in [5, 5.41) is 0.616. The molecular formula is C24H25N5O4. The van der Waals surface area contributed by atoms with Crippen LogP contribution in [0.1, 0.15) is 23.6 Å². The molecule has 1 aliphatic rings. The molecule has 1 fully saturated rings. The Bertz CT molecular complexity index is 1270. The van der Waals surface area contributed by atoms with Crippen LogP contribution in [-0.2, 0) is 4.79 Å². The molecule has 1 atom stereocenters. The third-order valence-electron chi connectivity index (χ3n) is 5.66. The maximum atomic E-state index is 12.1. The predicted molar refractivity (Wildman–Crippen MR) is 124 cm³/mol. The second-order valence-corrected chi connectivity index (χ2v) is 7.49. The van der Waals surface area contributed by atoms with Crippen LogP contribution >= 0.6 is 0 Å². The summed E-state index contributed by atoms with van der Waals surface area (Å²) in [5.74, 6) is 8.34. The number of methoxy groups -OCH3 is 3. The van der Waals surface area contributed by atoms with Gasteiger partial charge in [0.1, 0.15) is 29.3 Å². The Morgan fingerprint density at radius 1 is 1.15 bits per heavy atom. The second-order valence-electron chi connectivity index (χ2n) is 7.49. The molecule has 3 heterocycles. The van der Waals surface area contributed by atoms with Crippen molar-refractivity contribution in [2.45, 2.75) is 12.5 Å². The van der Waals surface area contributed by atoms with Gasteiger partial charge in [-0.15, -0.1) is 0 Å². The summed E-state index contributed by atoms with van der Waals surface area (Å²) in [6.45, 7) is 4.71. The number of fused-ring (bicyclic) bond motifs is 1. The summed E-state index contributed by atoms with van der Waals surface area (Å²) in [7, 11) is 4.75. The van der Waals surface area contributed by atoms with Gasteiger partial charge in [-0.2, -0.15) is 0 Å². The zero-order valence-electron chi connectivity index (χ0n) is 18.8. The number of carbonyl (C=O) groups is 1. The molecule has 33 heavy (non-hydrogen) atoms. The maximum Gasteiger partial charge on any atom is 0.246 e. The Labute approximate surface area is 191 Å². The summed E-state index contributed by atoms with van der Waals surface area (Å²) in [6, 6.07) is 5.36. The molecule has 0 bridgehead atoms. The van der Waals surface area contributed by atoms with E-state index < -0.39 is 0 Å². The predicted octanol–water partition coefficient (Wildman–Crippen LogP) is 2.40. The fraction of sp³-hybridized carbons (Fsp3) is 0.292. The number of nitrogens with two attached hydrogens (primary N) is 1. The maximum absolute atomic E-state index is 12.1. The quantitative estimate of drug-likeness (QED) is 0.473. The molecule has 9 nitrogen and oxygen atoms in total. The van der Waals surface area contributed by atoms with Gasteiger partial charge in [0.25, 0.3) is 0 Å². The number of carbonyl (C=O) groups excluding carboxylic acids is 1. The van der Waals surface area contributed by atoms with Crippen molar-refractivity contribution in [1.29, 1.82) is 0 Å². The molecule has 1 aromatic carbocycles. The van der Waals surface area contributed by atoms with Gasteiger partial charge in [0, 0.05) is 24.7 Å². The van der Waals surface area contributed by atoms with Crippen LogP contribution < -0.4 is 19.9 Å². The number of rotatable bonds is 5. The lowest BCUT2D eigenvalue weighted by molar-refractivity contribution is -0.125. The van der Waals surface area contributed by atoms with E-state index in [4.69, 9.17) is 19.9 Å². The lowest BCUT2D eigenvalue weighted by Crippen LogP contribution is -2.27. The molecule has 3 aromatic rings. The number of benzene rings is 1. The van der Waals surface area contributed by atoms with Crippen LogP contribution in [0, 0.1) is 11.8 Å². The van der Waals surface area contributed by atoms with Crippen molar-refractivity contribution in [2.24, 2.45) is 0 Å². The minimum atomic E-state index is -0.103. The molecule has 1 unspecified atom stereocenters. The first-order chi connectivity index (χ1) is 16.0. The normalized spacial score (nSPS) is 15.1. The molecule has 1 aliphatic heterocycles. The van der Waals surface area contributed by atoms with Gasteiger partial charge in [-0.05, 0) is 24.6 Å². The van der Waals surface area contributed by atoms with Gasteiger partial charge in [-0.25, -0.2) is 9.97 Å². The number of likely N-dealkylation sites (tertiary alicyclic amines) is 1. The SMILES string of the molecule is C=CC(=O)N1CCC(n2c(OC)c(C#Cc3cc(OC)cc(OC)c3)c3c(N)ncnc32)C1. The van der Waals surface area contributed by atoms with E-state index >= 15 is 0 Å². The highest BCUT2D eigenvalue weighted by Gasteiger charge is 2.32. The van der Waals surface area contributed by atoms with E-state index in [-0.39, 0.29) is 11.9 Å². The number of aromatic nitrogens is 3. The zero-order chi connectivity index (χ0) is 23.5. The lowest BCUT2D eigenvalue weighted by Gasteiger charge is -2.17. The van der Waals surface area contributed by atoms with Crippen molar-refractivity contribution < 1.29 is 19.0 Å². The lowest BCUT2D eigenvalue weighted by atomic mass is 10.1. The van der Waals surface area contributed by atoms with E-state index in [1.807, 2.05) is 16.7 Å². The van der Waals surface area contributed by atoms with Crippen LogP contribution in [0.15, 0.2) is 37.2 Å². The van der Waals surface area contributed by atoms with Crippen LogP contribution in [0.25, 0.3) is 11.0 Å². The second kappa shape index (κ2) is 9.12. The monoisotopic (exact) mass is 447 g/mol. The van der Waals surface area contributed by atoms with Crippen LogP contribution in [0.2, 0.25) is 0 Å². The Hall–Kier alpha value is -4.19. The van der Waals surface area contributed by atoms with Crippen molar-refractivity contribution >= 4 is 22.8 Å². The highest BCUT2D eigenvalue weighted by Crippen LogP contribution is 2.38. The van der Waals surface area contributed by atoms with Gasteiger partial charge >= 0.3 is 0 Å². The Morgan fingerprint density at radius 2 is 1.88 bits per heavy atom. The van der Waals surface area contributed by atoms with Crippen LogP contribution in [0.5, 0.6) is 17.4 Å². The average molecular weight is 447 g/mol. The number of hydrogen-bond acceptors (Lipinski definition) is 7. The number of nitrogen functional groups attached to an aromatic ring is 1. The Morgan fingerprint density at radius 3 is 2.52 bits per heavy atom. The highest BCUT2D eigenvalue weighted by atomic mass is 16.5. The first kappa shape index (κ1) is 22.0. The van der Waals surface area contributed by atoms with Crippen LogP contribution in [0.3, 0.4) is 0 Å². The van der Waals surface area contributed by atoms with Crippen molar-refractivity contribution in [1.82, 2.24) is 19.4 Å². The fourth-order valence-electron chi connectivity index (χ4n) is 4.09. The van der Waals surface area contributed by atoms with Crippen LogP contribution in [0.4, 0.5) is 5.82 Å². The van der Waals surface area contributed by atoms with E-state index in [0.717, 1.165) is 6.42 Å². The zero-order valence-corrected chi connectivity index (χ0v) is 18.8. The molecule has 0 spiro atoms. The van der Waals surface area contributed by atoms with Gasteiger partial charge < -0.3 is 24.8 Å². The molecule has 1 saturated heterocycles. The van der Waals surface area contributed by atoms with E-state index in [2.05, 4.69) is 28.4 Å². The number of anilines is 1. The van der Waals surface area contributed by atoms with E-state index in [1.165, 1.54) is 12.4 Å².